The Morgan fingerprint density at radius 2 is 1.62 bits per heavy atom. The highest BCUT2D eigenvalue weighted by Gasteiger charge is 2.54. The van der Waals surface area contributed by atoms with Crippen molar-refractivity contribution < 1.29 is 13.2 Å². The van der Waals surface area contributed by atoms with Crippen molar-refractivity contribution in [2.24, 2.45) is 0 Å². The minimum Gasteiger partial charge on any atom is -0.288 e. The lowest BCUT2D eigenvalue weighted by Crippen LogP contribution is -2.38. The lowest BCUT2D eigenvalue weighted by Gasteiger charge is -2.24. The number of amides is 2. The molecule has 0 spiro atoms. The van der Waals surface area contributed by atoms with Crippen LogP contribution in [-0.2, 0) is 9.84 Å². The van der Waals surface area contributed by atoms with Crippen LogP contribution in [0.1, 0.15) is 11.1 Å². The molecule has 0 saturated carbocycles. The van der Waals surface area contributed by atoms with E-state index in [9.17, 15) is 13.2 Å². The summed E-state index contributed by atoms with van der Waals surface area (Å²) in [4.78, 5) is 16.5. The van der Waals surface area contributed by atoms with Crippen LogP contribution in [0.2, 0.25) is 5.02 Å². The third-order valence-electron chi connectivity index (χ3n) is 5.18. The fraction of sp³-hybridized carbons (Fsp3) is 0.316. The molecule has 0 N–H and O–H groups in total. The lowest BCUT2D eigenvalue weighted by molar-refractivity contribution is 0.255. The standard InChI is InChI=1S/C19H19ClN2O3S/c1-12-7-8-14(9-15(12)20)21-17-10-26(24,25)11-18(17)22(19(21)23)16-6-4-3-5-13(16)2/h3-9,17-18H,10-11H2,1-2H3/t17-,18-/m0/s1. The number of halogens is 1. The van der Waals surface area contributed by atoms with Gasteiger partial charge in [0.1, 0.15) is 0 Å². The number of hydrogen-bond acceptors (Lipinski definition) is 3. The molecule has 2 saturated heterocycles. The molecule has 0 aliphatic carbocycles. The number of benzene rings is 2. The van der Waals surface area contributed by atoms with Crippen LogP contribution in [0.4, 0.5) is 16.2 Å². The van der Waals surface area contributed by atoms with E-state index in [1.807, 2.05) is 50.2 Å². The SMILES string of the molecule is Cc1ccc(N2C(=O)N(c3ccccc3C)[C@H]3CS(=O)(=O)C[C@@H]32)cc1Cl. The van der Waals surface area contributed by atoms with E-state index in [0.29, 0.717) is 10.7 Å². The fourth-order valence-electron chi connectivity index (χ4n) is 3.85. The molecule has 2 heterocycles. The molecule has 0 aromatic heterocycles. The summed E-state index contributed by atoms with van der Waals surface area (Å²) in [5.74, 6) is -0.0505. The monoisotopic (exact) mass is 390 g/mol. The zero-order chi connectivity index (χ0) is 18.6. The predicted octanol–water partition coefficient (Wildman–Crippen LogP) is 3.57. The number of hydrogen-bond donors (Lipinski definition) is 0. The molecule has 0 radical (unpaired) electrons. The first-order valence-electron chi connectivity index (χ1n) is 8.43. The van der Waals surface area contributed by atoms with Crippen molar-refractivity contribution in [1.29, 1.82) is 0 Å². The summed E-state index contributed by atoms with van der Waals surface area (Å²) in [6.45, 7) is 3.81. The smallest absolute Gasteiger partial charge is 0.288 e. The zero-order valence-corrected chi connectivity index (χ0v) is 16.1. The number of para-hydroxylation sites is 1. The van der Waals surface area contributed by atoms with Crippen molar-refractivity contribution in [3.8, 4) is 0 Å². The van der Waals surface area contributed by atoms with Gasteiger partial charge in [-0.1, -0.05) is 35.9 Å². The number of nitrogens with zero attached hydrogens (tertiary/aromatic N) is 2. The summed E-state index contributed by atoms with van der Waals surface area (Å²) in [6.07, 6.45) is 0. The summed E-state index contributed by atoms with van der Waals surface area (Å²) >= 11 is 6.25. The third kappa shape index (κ3) is 2.68. The van der Waals surface area contributed by atoms with E-state index >= 15 is 0 Å². The van der Waals surface area contributed by atoms with Crippen LogP contribution in [0, 0.1) is 13.8 Å². The molecule has 4 rings (SSSR count). The fourth-order valence-corrected chi connectivity index (χ4v) is 5.95. The van der Waals surface area contributed by atoms with Gasteiger partial charge in [-0.05, 0) is 43.2 Å². The predicted molar refractivity (Wildman–Crippen MR) is 104 cm³/mol. The second-order valence-corrected chi connectivity index (χ2v) is 9.52. The molecule has 0 unspecified atom stereocenters. The Balaban J connectivity index is 1.84. The molecule has 2 aliphatic rings. The lowest BCUT2D eigenvalue weighted by atomic mass is 10.1. The van der Waals surface area contributed by atoms with E-state index in [-0.39, 0.29) is 17.5 Å². The molecule has 5 nitrogen and oxygen atoms in total. The first kappa shape index (κ1) is 17.4. The van der Waals surface area contributed by atoms with Crippen LogP contribution in [0.5, 0.6) is 0 Å². The topological polar surface area (TPSA) is 57.7 Å². The Labute approximate surface area is 158 Å². The highest BCUT2D eigenvalue weighted by Crippen LogP contribution is 2.39. The second-order valence-electron chi connectivity index (χ2n) is 6.95. The van der Waals surface area contributed by atoms with Gasteiger partial charge in [0.05, 0.1) is 23.6 Å². The van der Waals surface area contributed by atoms with Crippen LogP contribution >= 0.6 is 11.6 Å². The van der Waals surface area contributed by atoms with Crippen LogP contribution in [0.15, 0.2) is 42.5 Å². The van der Waals surface area contributed by atoms with Gasteiger partial charge >= 0.3 is 6.03 Å². The Kier molecular flexibility index (Phi) is 4.00. The van der Waals surface area contributed by atoms with E-state index in [2.05, 4.69) is 0 Å². The Morgan fingerprint density at radius 3 is 2.27 bits per heavy atom. The van der Waals surface area contributed by atoms with Gasteiger partial charge in [-0.2, -0.15) is 0 Å². The quantitative estimate of drug-likeness (QED) is 0.736. The molecule has 2 amide bonds. The van der Waals surface area contributed by atoms with Crippen molar-refractivity contribution in [2.75, 3.05) is 21.3 Å². The number of fused-ring (bicyclic) bond motifs is 1. The average molecular weight is 391 g/mol. The number of urea groups is 1. The van der Waals surface area contributed by atoms with Gasteiger partial charge in [0.25, 0.3) is 0 Å². The van der Waals surface area contributed by atoms with Crippen molar-refractivity contribution in [2.45, 2.75) is 25.9 Å². The molecule has 26 heavy (non-hydrogen) atoms. The Bertz CT molecular complexity index is 1010. The Hall–Kier alpha value is -2.05. The van der Waals surface area contributed by atoms with Crippen molar-refractivity contribution in [1.82, 2.24) is 0 Å². The van der Waals surface area contributed by atoms with E-state index in [0.717, 1.165) is 16.8 Å². The molecule has 136 valence electrons. The number of aryl methyl sites for hydroxylation is 2. The maximum atomic E-state index is 13.3. The van der Waals surface area contributed by atoms with E-state index in [4.69, 9.17) is 11.6 Å². The molecular weight excluding hydrogens is 372 g/mol. The largest absolute Gasteiger partial charge is 0.329 e. The molecule has 2 fully saturated rings. The normalized spacial score (nSPS) is 24.2. The minimum absolute atomic E-state index is 0.0200. The summed E-state index contributed by atoms with van der Waals surface area (Å²) in [5.41, 5.74) is 3.24. The van der Waals surface area contributed by atoms with Crippen LogP contribution in [0.25, 0.3) is 0 Å². The van der Waals surface area contributed by atoms with Crippen molar-refractivity contribution >= 4 is 38.8 Å². The van der Waals surface area contributed by atoms with Gasteiger partial charge in [-0.3, -0.25) is 9.80 Å². The Morgan fingerprint density at radius 1 is 0.962 bits per heavy atom. The van der Waals surface area contributed by atoms with Crippen LogP contribution < -0.4 is 9.80 Å². The summed E-state index contributed by atoms with van der Waals surface area (Å²) < 4.78 is 24.6. The van der Waals surface area contributed by atoms with Crippen molar-refractivity contribution in [3.05, 3.63) is 58.6 Å². The van der Waals surface area contributed by atoms with Gasteiger partial charge in [-0.15, -0.1) is 0 Å². The highest BCUT2D eigenvalue weighted by molar-refractivity contribution is 7.91. The number of sulfone groups is 1. The summed E-state index contributed by atoms with van der Waals surface area (Å²) in [7, 11) is -3.21. The number of carbonyl (C=O) groups excluding carboxylic acids is 1. The maximum Gasteiger partial charge on any atom is 0.329 e. The van der Waals surface area contributed by atoms with E-state index in [1.54, 1.807) is 15.9 Å². The van der Waals surface area contributed by atoms with Crippen molar-refractivity contribution in [3.63, 3.8) is 0 Å². The number of anilines is 2. The first-order chi connectivity index (χ1) is 12.3. The first-order valence-corrected chi connectivity index (χ1v) is 10.6. The molecule has 2 atom stereocenters. The number of rotatable bonds is 2. The summed E-state index contributed by atoms with van der Waals surface area (Å²) in [6, 6.07) is 11.9. The molecule has 0 bridgehead atoms. The summed E-state index contributed by atoms with van der Waals surface area (Å²) in [5, 5.41) is 0.557. The molecule has 2 aliphatic heterocycles. The maximum absolute atomic E-state index is 13.3. The van der Waals surface area contributed by atoms with Gasteiger partial charge in [0.2, 0.25) is 0 Å². The molecule has 2 aromatic carbocycles. The van der Waals surface area contributed by atoms with Gasteiger partial charge in [0, 0.05) is 16.4 Å². The minimum atomic E-state index is -3.21. The molecular formula is C19H19ClN2O3S. The van der Waals surface area contributed by atoms with Gasteiger partial charge < -0.3 is 0 Å². The van der Waals surface area contributed by atoms with E-state index in [1.165, 1.54) is 0 Å². The highest BCUT2D eigenvalue weighted by atomic mass is 35.5. The van der Waals surface area contributed by atoms with Crippen LogP contribution in [-0.4, -0.2) is 38.0 Å². The zero-order valence-electron chi connectivity index (χ0n) is 14.5. The van der Waals surface area contributed by atoms with Gasteiger partial charge in [0.15, 0.2) is 9.84 Å². The third-order valence-corrected chi connectivity index (χ3v) is 7.28. The van der Waals surface area contributed by atoms with E-state index < -0.39 is 21.9 Å². The number of carbonyl (C=O) groups is 1. The van der Waals surface area contributed by atoms with Crippen LogP contribution in [0.3, 0.4) is 0 Å². The molecule has 7 heteroatoms. The second kappa shape index (κ2) is 5.99. The van der Waals surface area contributed by atoms with Gasteiger partial charge in [-0.25, -0.2) is 13.2 Å². The molecule has 2 aromatic rings. The average Bonchev–Trinajstić information content (AvgIpc) is 3.00.